The largest absolute Gasteiger partial charge is 0.481 e. The number of aliphatic imine (C=N–C) groups is 1. The third-order valence-electron chi connectivity index (χ3n) is 6.16. The maximum atomic E-state index is 12.2. The lowest BCUT2D eigenvalue weighted by Gasteiger charge is -2.18. The molecule has 0 radical (unpaired) electrons. The third kappa shape index (κ3) is 3.52. The number of aryl methyl sites for hydroxylation is 2. The molecule has 2 atom stereocenters. The van der Waals surface area contributed by atoms with E-state index in [1.165, 1.54) is 4.88 Å². The molecular weight excluding hydrogens is 454 g/mol. The van der Waals surface area contributed by atoms with Crippen LogP contribution >= 0.6 is 22.7 Å². The lowest BCUT2D eigenvalue weighted by atomic mass is 9.95. The molecule has 1 N–H and O–H groups in total. The van der Waals surface area contributed by atoms with Crippen LogP contribution in [0.4, 0.5) is 0 Å². The zero-order valence-corrected chi connectivity index (χ0v) is 20.4. The van der Waals surface area contributed by atoms with Crippen LogP contribution in [-0.2, 0) is 4.79 Å². The first-order valence-electron chi connectivity index (χ1n) is 10.7. The van der Waals surface area contributed by atoms with Gasteiger partial charge in [0.25, 0.3) is 0 Å². The first kappa shape index (κ1) is 21.7. The minimum Gasteiger partial charge on any atom is -0.481 e. The molecule has 0 fully saturated rings. The Balaban J connectivity index is 1.75. The summed E-state index contributed by atoms with van der Waals surface area (Å²) in [6.07, 6.45) is 2.24. The fraction of sp³-hybridized carbons (Fsp3) is 0.292. The number of hydrogen-bond donors (Lipinski definition) is 1. The van der Waals surface area contributed by atoms with Crippen molar-refractivity contribution in [2.24, 2.45) is 10.9 Å². The Kier molecular flexibility index (Phi) is 5.46. The molecule has 4 heterocycles. The molecule has 4 aromatic rings. The van der Waals surface area contributed by atoms with E-state index in [9.17, 15) is 9.90 Å². The van der Waals surface area contributed by atoms with E-state index in [0.717, 1.165) is 43.8 Å². The smallest absolute Gasteiger partial charge is 0.309 e. The fourth-order valence-electron chi connectivity index (χ4n) is 4.29. The van der Waals surface area contributed by atoms with Crippen molar-refractivity contribution in [3.05, 3.63) is 69.1 Å². The molecule has 5 rings (SSSR count). The standard InChI is InChI=1S/C24H23N5O2S2/c1-5-17(24(30)31)20-21-28-27-14(4)29(21)23-18(12(2)13(3)33-23)19(26-20)15-6-8-16(9-7-15)22-25-10-11-32-22/h6-11,17,20H,5H2,1-4H3,(H,30,31)/t17?,20-/m0/s1. The van der Waals surface area contributed by atoms with Crippen LogP contribution in [0.2, 0.25) is 0 Å². The monoisotopic (exact) mass is 477 g/mol. The van der Waals surface area contributed by atoms with Crippen molar-refractivity contribution in [3.8, 4) is 15.6 Å². The van der Waals surface area contributed by atoms with Gasteiger partial charge in [0.2, 0.25) is 0 Å². The molecule has 1 aliphatic heterocycles. The molecule has 0 bridgehead atoms. The van der Waals surface area contributed by atoms with E-state index in [1.807, 2.05) is 48.1 Å². The van der Waals surface area contributed by atoms with Crippen LogP contribution in [0.3, 0.4) is 0 Å². The molecule has 3 aromatic heterocycles. The van der Waals surface area contributed by atoms with Gasteiger partial charge in [-0.1, -0.05) is 31.2 Å². The molecule has 0 saturated heterocycles. The van der Waals surface area contributed by atoms with Crippen molar-refractivity contribution < 1.29 is 9.90 Å². The first-order valence-corrected chi connectivity index (χ1v) is 12.4. The maximum absolute atomic E-state index is 12.2. The second-order valence-corrected chi connectivity index (χ2v) is 10.2. The van der Waals surface area contributed by atoms with E-state index < -0.39 is 17.9 Å². The quantitative estimate of drug-likeness (QED) is 0.416. The number of rotatable bonds is 5. The van der Waals surface area contributed by atoms with Crippen LogP contribution in [0.25, 0.3) is 15.6 Å². The van der Waals surface area contributed by atoms with Gasteiger partial charge >= 0.3 is 5.97 Å². The van der Waals surface area contributed by atoms with Gasteiger partial charge in [0.1, 0.15) is 21.9 Å². The Hall–Kier alpha value is -3.17. The Morgan fingerprint density at radius 1 is 1.15 bits per heavy atom. The van der Waals surface area contributed by atoms with Gasteiger partial charge in [0.05, 0.1) is 11.6 Å². The van der Waals surface area contributed by atoms with Gasteiger partial charge in [0, 0.05) is 33.1 Å². The average molecular weight is 478 g/mol. The summed E-state index contributed by atoms with van der Waals surface area (Å²) >= 11 is 3.26. The number of nitrogens with zero attached hydrogens (tertiary/aromatic N) is 5. The van der Waals surface area contributed by atoms with Crippen LogP contribution in [0, 0.1) is 26.7 Å². The molecule has 1 unspecified atom stereocenters. The predicted octanol–water partition coefficient (Wildman–Crippen LogP) is 5.38. The average Bonchev–Trinajstić information content (AvgIpc) is 3.50. The number of carbonyl (C=O) groups is 1. The molecule has 0 spiro atoms. The van der Waals surface area contributed by atoms with Gasteiger partial charge in [-0.3, -0.25) is 14.4 Å². The highest BCUT2D eigenvalue weighted by molar-refractivity contribution is 7.15. The second-order valence-electron chi connectivity index (χ2n) is 8.09. The summed E-state index contributed by atoms with van der Waals surface area (Å²) in [6.45, 7) is 7.97. The normalized spacial score (nSPS) is 16.0. The molecule has 168 valence electrons. The zero-order chi connectivity index (χ0) is 23.3. The zero-order valence-electron chi connectivity index (χ0n) is 18.7. The van der Waals surface area contributed by atoms with Gasteiger partial charge < -0.3 is 5.11 Å². The summed E-state index contributed by atoms with van der Waals surface area (Å²) in [5, 5.41) is 22.6. The van der Waals surface area contributed by atoms with E-state index in [1.54, 1.807) is 28.9 Å². The highest BCUT2D eigenvalue weighted by atomic mass is 32.1. The molecule has 9 heteroatoms. The minimum atomic E-state index is -0.880. The third-order valence-corrected chi connectivity index (χ3v) is 8.18. The number of hydrogen-bond acceptors (Lipinski definition) is 7. The summed E-state index contributed by atoms with van der Waals surface area (Å²) in [5.74, 6) is -0.269. The van der Waals surface area contributed by atoms with Crippen molar-refractivity contribution in [2.45, 2.75) is 40.2 Å². The molecule has 0 amide bonds. The predicted molar refractivity (Wildman–Crippen MR) is 131 cm³/mol. The van der Waals surface area contributed by atoms with Crippen LogP contribution in [0.5, 0.6) is 0 Å². The van der Waals surface area contributed by atoms with Gasteiger partial charge in [0.15, 0.2) is 5.82 Å². The van der Waals surface area contributed by atoms with Crippen molar-refractivity contribution in [3.63, 3.8) is 0 Å². The van der Waals surface area contributed by atoms with E-state index in [0.29, 0.717) is 12.2 Å². The minimum absolute atomic E-state index is 0.442. The molecule has 1 aromatic carbocycles. The lowest BCUT2D eigenvalue weighted by molar-refractivity contribution is -0.142. The Bertz CT molecular complexity index is 1370. The molecule has 0 saturated carbocycles. The number of aromatic nitrogens is 4. The highest BCUT2D eigenvalue weighted by Gasteiger charge is 2.37. The van der Waals surface area contributed by atoms with Crippen LogP contribution in [0.1, 0.15) is 52.6 Å². The summed E-state index contributed by atoms with van der Waals surface area (Å²) in [4.78, 5) is 22.9. The van der Waals surface area contributed by atoms with Crippen LogP contribution < -0.4 is 0 Å². The number of thiophene rings is 1. The van der Waals surface area contributed by atoms with Gasteiger partial charge in [-0.25, -0.2) is 4.98 Å². The number of carboxylic acid groups (broad SMARTS) is 1. The summed E-state index contributed by atoms with van der Waals surface area (Å²) in [7, 11) is 0. The summed E-state index contributed by atoms with van der Waals surface area (Å²) < 4.78 is 2.00. The Morgan fingerprint density at radius 2 is 1.88 bits per heavy atom. The molecule has 33 heavy (non-hydrogen) atoms. The molecule has 0 aliphatic carbocycles. The fourth-order valence-corrected chi connectivity index (χ4v) is 6.14. The molecule has 7 nitrogen and oxygen atoms in total. The van der Waals surface area contributed by atoms with E-state index in [2.05, 4.69) is 29.0 Å². The highest BCUT2D eigenvalue weighted by Crippen LogP contribution is 2.41. The first-order chi connectivity index (χ1) is 15.9. The van der Waals surface area contributed by atoms with Crippen molar-refractivity contribution >= 4 is 34.4 Å². The number of aliphatic carboxylic acids is 1. The number of carboxylic acids is 1. The number of thiazole rings is 1. The van der Waals surface area contributed by atoms with Gasteiger partial charge in [-0.05, 0) is 32.8 Å². The van der Waals surface area contributed by atoms with Crippen molar-refractivity contribution in [1.82, 2.24) is 19.7 Å². The second kappa shape index (κ2) is 8.31. The summed E-state index contributed by atoms with van der Waals surface area (Å²) in [5.41, 5.74) is 4.95. The molecule has 1 aliphatic rings. The van der Waals surface area contributed by atoms with E-state index >= 15 is 0 Å². The SMILES string of the molecule is CCC(C(=O)O)[C@@H]1N=C(c2ccc(-c3nccs3)cc2)c2c(sc(C)c2C)-n2c(C)nnc21. The summed E-state index contributed by atoms with van der Waals surface area (Å²) in [6, 6.07) is 7.55. The van der Waals surface area contributed by atoms with Gasteiger partial charge in [-0.15, -0.1) is 32.9 Å². The Labute approximate surface area is 199 Å². The molecular formula is C24H23N5O2S2. The van der Waals surface area contributed by atoms with Crippen LogP contribution in [0.15, 0.2) is 40.8 Å². The van der Waals surface area contributed by atoms with Crippen molar-refractivity contribution in [2.75, 3.05) is 0 Å². The van der Waals surface area contributed by atoms with Crippen molar-refractivity contribution in [1.29, 1.82) is 0 Å². The van der Waals surface area contributed by atoms with E-state index in [-0.39, 0.29) is 0 Å². The number of benzene rings is 1. The van der Waals surface area contributed by atoms with Gasteiger partial charge in [-0.2, -0.15) is 0 Å². The van der Waals surface area contributed by atoms with Crippen LogP contribution in [-0.4, -0.2) is 36.5 Å². The maximum Gasteiger partial charge on any atom is 0.309 e. The number of fused-ring (bicyclic) bond motifs is 3. The van der Waals surface area contributed by atoms with E-state index in [4.69, 9.17) is 4.99 Å². The lowest BCUT2D eigenvalue weighted by Crippen LogP contribution is -2.23. The topological polar surface area (TPSA) is 93.3 Å². The Morgan fingerprint density at radius 3 is 2.52 bits per heavy atom.